The van der Waals surface area contributed by atoms with Crippen molar-refractivity contribution < 1.29 is 4.79 Å². The van der Waals surface area contributed by atoms with Crippen molar-refractivity contribution >= 4 is 22.9 Å². The average Bonchev–Trinajstić information content (AvgIpc) is 3.22. The molecule has 1 amide bonds. The summed E-state index contributed by atoms with van der Waals surface area (Å²) in [6, 6.07) is 14.3. The molecule has 138 valence electrons. The highest BCUT2D eigenvalue weighted by atomic mass is 32.1. The molecule has 0 spiro atoms. The highest BCUT2D eigenvalue weighted by Crippen LogP contribution is 2.22. The molecular weight excluding hydrogens is 356 g/mol. The van der Waals surface area contributed by atoms with Gasteiger partial charge in [0.2, 0.25) is 5.91 Å². The molecule has 1 fully saturated rings. The van der Waals surface area contributed by atoms with E-state index in [2.05, 4.69) is 39.1 Å². The second-order valence-corrected chi connectivity index (χ2v) is 7.51. The number of aromatic nitrogens is 2. The number of rotatable bonds is 5. The Balaban J connectivity index is 1.27. The molecule has 4 rings (SSSR count). The first kappa shape index (κ1) is 17.7. The van der Waals surface area contributed by atoms with E-state index in [1.807, 2.05) is 34.7 Å². The molecule has 3 heterocycles. The lowest BCUT2D eigenvalue weighted by Gasteiger charge is -2.36. The van der Waals surface area contributed by atoms with Gasteiger partial charge in [-0.2, -0.15) is 0 Å². The van der Waals surface area contributed by atoms with Crippen molar-refractivity contribution in [3.05, 3.63) is 65.2 Å². The number of benzene rings is 1. The van der Waals surface area contributed by atoms with Crippen molar-refractivity contribution in [1.82, 2.24) is 14.9 Å². The minimum Gasteiger partial charge on any atom is -0.368 e. The molecule has 5 nitrogen and oxygen atoms in total. The van der Waals surface area contributed by atoms with Gasteiger partial charge in [-0.05, 0) is 24.3 Å². The lowest BCUT2D eigenvalue weighted by atomic mass is 10.2. The molecule has 0 unspecified atom stereocenters. The monoisotopic (exact) mass is 378 g/mol. The predicted octanol–water partition coefficient (Wildman–Crippen LogP) is 3.49. The quantitative estimate of drug-likeness (QED) is 0.682. The summed E-state index contributed by atoms with van der Waals surface area (Å²) in [6.45, 7) is 3.34. The van der Waals surface area contributed by atoms with Crippen LogP contribution in [0.4, 0.5) is 5.69 Å². The van der Waals surface area contributed by atoms with Crippen LogP contribution in [0.1, 0.15) is 11.4 Å². The van der Waals surface area contributed by atoms with E-state index in [0.29, 0.717) is 12.8 Å². The van der Waals surface area contributed by atoms with E-state index in [1.165, 1.54) is 5.69 Å². The maximum absolute atomic E-state index is 12.6. The first-order chi connectivity index (χ1) is 13.3. The zero-order chi connectivity index (χ0) is 18.5. The van der Waals surface area contributed by atoms with Crippen molar-refractivity contribution in [2.75, 3.05) is 31.1 Å². The van der Waals surface area contributed by atoms with Gasteiger partial charge in [0.15, 0.2) is 0 Å². The van der Waals surface area contributed by atoms with Crippen LogP contribution in [0, 0.1) is 0 Å². The summed E-state index contributed by atoms with van der Waals surface area (Å²) in [7, 11) is 0. The number of piperazine rings is 1. The van der Waals surface area contributed by atoms with Crippen LogP contribution >= 0.6 is 11.3 Å². The zero-order valence-corrected chi connectivity index (χ0v) is 15.9. The fraction of sp³-hybridized carbons (Fsp3) is 0.286. The number of thiazole rings is 1. The minimum absolute atomic E-state index is 0.223. The molecule has 0 aliphatic carbocycles. The Hall–Kier alpha value is -2.73. The first-order valence-electron chi connectivity index (χ1n) is 9.22. The summed E-state index contributed by atoms with van der Waals surface area (Å²) < 4.78 is 0. The summed E-state index contributed by atoms with van der Waals surface area (Å²) in [5, 5.41) is 3.04. The fourth-order valence-corrected chi connectivity index (χ4v) is 4.10. The lowest BCUT2D eigenvalue weighted by Crippen LogP contribution is -2.48. The molecule has 1 saturated heterocycles. The van der Waals surface area contributed by atoms with Crippen molar-refractivity contribution in [1.29, 1.82) is 0 Å². The van der Waals surface area contributed by atoms with Gasteiger partial charge < -0.3 is 9.80 Å². The lowest BCUT2D eigenvalue weighted by molar-refractivity contribution is -0.131. The number of para-hydroxylation sites is 1. The number of nitrogens with zero attached hydrogens (tertiary/aromatic N) is 4. The van der Waals surface area contributed by atoms with Crippen LogP contribution < -0.4 is 4.90 Å². The maximum atomic E-state index is 12.6. The Bertz CT molecular complexity index is 873. The number of carbonyl (C=O) groups excluding carboxylic acids is 1. The number of hydrogen-bond acceptors (Lipinski definition) is 5. The SMILES string of the molecule is O=C(CCc1nc(-c2cccnc2)cs1)N1CCN(c2ccccc2)CC1. The van der Waals surface area contributed by atoms with Crippen LogP contribution in [0.2, 0.25) is 0 Å². The predicted molar refractivity (Wildman–Crippen MR) is 109 cm³/mol. The van der Waals surface area contributed by atoms with Crippen LogP contribution in [-0.4, -0.2) is 47.0 Å². The number of aryl methyl sites for hydroxylation is 1. The largest absolute Gasteiger partial charge is 0.368 e. The molecule has 1 aromatic carbocycles. The fourth-order valence-electron chi connectivity index (χ4n) is 3.30. The van der Waals surface area contributed by atoms with E-state index >= 15 is 0 Å². The molecule has 1 aliphatic heterocycles. The molecule has 0 saturated carbocycles. The van der Waals surface area contributed by atoms with E-state index in [-0.39, 0.29) is 5.91 Å². The second kappa shape index (κ2) is 8.31. The van der Waals surface area contributed by atoms with E-state index in [4.69, 9.17) is 0 Å². The zero-order valence-electron chi connectivity index (χ0n) is 15.1. The Morgan fingerprint density at radius 1 is 1.04 bits per heavy atom. The molecule has 3 aromatic rings. The summed E-state index contributed by atoms with van der Waals surface area (Å²) in [5.41, 5.74) is 3.19. The van der Waals surface area contributed by atoms with Gasteiger partial charge in [-0.3, -0.25) is 9.78 Å². The van der Waals surface area contributed by atoms with Crippen molar-refractivity contribution in [3.63, 3.8) is 0 Å². The second-order valence-electron chi connectivity index (χ2n) is 6.57. The minimum atomic E-state index is 0.223. The van der Waals surface area contributed by atoms with Gasteiger partial charge in [0, 0.05) is 68.0 Å². The number of hydrogen-bond donors (Lipinski definition) is 0. The standard InChI is InChI=1S/C21H22N4OS/c26-21(25-13-11-24(12-14-25)18-6-2-1-3-7-18)9-8-20-23-19(16-27-20)17-5-4-10-22-15-17/h1-7,10,15-16H,8-9,11-14H2. The number of carbonyl (C=O) groups is 1. The normalized spacial score (nSPS) is 14.4. The van der Waals surface area contributed by atoms with E-state index < -0.39 is 0 Å². The van der Waals surface area contributed by atoms with Gasteiger partial charge in [-0.15, -0.1) is 11.3 Å². The van der Waals surface area contributed by atoms with Crippen molar-refractivity contribution in [3.8, 4) is 11.3 Å². The summed E-state index contributed by atoms with van der Waals surface area (Å²) in [6.07, 6.45) is 4.79. The van der Waals surface area contributed by atoms with Crippen LogP contribution in [0.15, 0.2) is 60.2 Å². The van der Waals surface area contributed by atoms with E-state index in [1.54, 1.807) is 17.5 Å². The number of amides is 1. The van der Waals surface area contributed by atoms with Gasteiger partial charge in [0.25, 0.3) is 0 Å². The average molecular weight is 379 g/mol. The molecule has 2 aromatic heterocycles. The summed E-state index contributed by atoms with van der Waals surface area (Å²) in [5.74, 6) is 0.223. The van der Waals surface area contributed by atoms with Crippen molar-refractivity contribution in [2.45, 2.75) is 12.8 Å². The molecular formula is C21H22N4OS. The van der Waals surface area contributed by atoms with Crippen LogP contribution in [0.5, 0.6) is 0 Å². The van der Waals surface area contributed by atoms with Crippen LogP contribution in [0.25, 0.3) is 11.3 Å². The first-order valence-corrected chi connectivity index (χ1v) is 10.1. The topological polar surface area (TPSA) is 49.3 Å². The van der Waals surface area contributed by atoms with Gasteiger partial charge in [-0.1, -0.05) is 18.2 Å². The molecule has 27 heavy (non-hydrogen) atoms. The van der Waals surface area contributed by atoms with E-state index in [0.717, 1.165) is 42.4 Å². The molecule has 0 N–H and O–H groups in total. The third-order valence-electron chi connectivity index (χ3n) is 4.82. The molecule has 0 bridgehead atoms. The Morgan fingerprint density at radius 3 is 2.59 bits per heavy atom. The van der Waals surface area contributed by atoms with E-state index in [9.17, 15) is 4.79 Å². The summed E-state index contributed by atoms with van der Waals surface area (Å²) >= 11 is 1.61. The Labute approximate surface area is 163 Å². The number of pyridine rings is 1. The highest BCUT2D eigenvalue weighted by Gasteiger charge is 2.21. The molecule has 0 atom stereocenters. The molecule has 0 radical (unpaired) electrons. The van der Waals surface area contributed by atoms with Crippen LogP contribution in [-0.2, 0) is 11.2 Å². The molecule has 6 heteroatoms. The van der Waals surface area contributed by atoms with Gasteiger partial charge in [0.05, 0.1) is 10.7 Å². The molecule has 1 aliphatic rings. The van der Waals surface area contributed by atoms with Gasteiger partial charge in [-0.25, -0.2) is 4.98 Å². The number of anilines is 1. The van der Waals surface area contributed by atoms with Crippen LogP contribution in [0.3, 0.4) is 0 Å². The Kier molecular flexibility index (Phi) is 5.44. The Morgan fingerprint density at radius 2 is 1.85 bits per heavy atom. The third-order valence-corrected chi connectivity index (χ3v) is 5.72. The highest BCUT2D eigenvalue weighted by molar-refractivity contribution is 7.09. The third kappa shape index (κ3) is 4.34. The summed E-state index contributed by atoms with van der Waals surface area (Å²) in [4.78, 5) is 25.7. The smallest absolute Gasteiger partial charge is 0.223 e. The van der Waals surface area contributed by atoms with Crippen molar-refractivity contribution in [2.24, 2.45) is 0 Å². The van der Waals surface area contributed by atoms with Gasteiger partial charge >= 0.3 is 0 Å². The maximum Gasteiger partial charge on any atom is 0.223 e. The van der Waals surface area contributed by atoms with Gasteiger partial charge in [0.1, 0.15) is 0 Å².